The number of hydrogen-bond donors (Lipinski definition) is 1. The first-order chi connectivity index (χ1) is 13.6. The van der Waals surface area contributed by atoms with Gasteiger partial charge < -0.3 is 10.1 Å². The second kappa shape index (κ2) is 8.80. The van der Waals surface area contributed by atoms with Gasteiger partial charge in [0, 0.05) is 24.5 Å². The van der Waals surface area contributed by atoms with Gasteiger partial charge in [-0.3, -0.25) is 4.90 Å². The number of halogens is 2. The highest BCUT2D eigenvalue weighted by Gasteiger charge is 2.21. The molecule has 1 aromatic heterocycles. The summed E-state index contributed by atoms with van der Waals surface area (Å²) < 4.78 is 6.48. The van der Waals surface area contributed by atoms with E-state index in [1.54, 1.807) is 7.11 Å². The number of fused-ring (bicyclic) bond motifs is 1. The van der Waals surface area contributed by atoms with Crippen molar-refractivity contribution in [3.63, 3.8) is 0 Å². The molecular formula is C21H22ClIN4O. The predicted molar refractivity (Wildman–Crippen MR) is 122 cm³/mol. The number of rotatable bonds is 5. The van der Waals surface area contributed by atoms with Crippen LogP contribution in [0.3, 0.4) is 0 Å². The summed E-state index contributed by atoms with van der Waals surface area (Å²) in [6.07, 6.45) is 2.26. The van der Waals surface area contributed by atoms with Crippen LogP contribution in [0.4, 0.5) is 5.82 Å². The van der Waals surface area contributed by atoms with Gasteiger partial charge in [0.25, 0.3) is 0 Å². The van der Waals surface area contributed by atoms with Crippen LogP contribution in [0.1, 0.15) is 18.4 Å². The molecule has 1 aliphatic heterocycles. The van der Waals surface area contributed by atoms with Crippen molar-refractivity contribution in [3.8, 4) is 5.75 Å². The first-order valence-electron chi connectivity index (χ1n) is 9.36. The van der Waals surface area contributed by atoms with Crippen LogP contribution in [0.15, 0.2) is 42.5 Å². The molecular weight excluding hydrogens is 487 g/mol. The topological polar surface area (TPSA) is 50.3 Å². The minimum Gasteiger partial charge on any atom is -0.496 e. The Hall–Kier alpha value is -1.64. The zero-order chi connectivity index (χ0) is 19.5. The minimum atomic E-state index is 0.257. The Labute approximate surface area is 183 Å². The molecule has 0 unspecified atom stereocenters. The second-order valence-corrected chi connectivity index (χ2v) is 8.55. The summed E-state index contributed by atoms with van der Waals surface area (Å²) in [6, 6.07) is 14.9. The Balaban J connectivity index is 1.55. The Bertz CT molecular complexity index is 970. The summed E-state index contributed by atoms with van der Waals surface area (Å²) in [5.41, 5.74) is 2.17. The van der Waals surface area contributed by atoms with Gasteiger partial charge >= 0.3 is 0 Å². The molecule has 28 heavy (non-hydrogen) atoms. The third-order valence-electron chi connectivity index (χ3n) is 5.04. The molecule has 0 spiro atoms. The fourth-order valence-electron chi connectivity index (χ4n) is 3.72. The van der Waals surface area contributed by atoms with Gasteiger partial charge in [-0.2, -0.15) is 0 Å². The van der Waals surface area contributed by atoms with E-state index in [1.807, 2.05) is 12.1 Å². The highest BCUT2D eigenvalue weighted by Crippen LogP contribution is 2.31. The Kier molecular flexibility index (Phi) is 6.18. The molecule has 1 aliphatic rings. The molecule has 1 N–H and O–H groups in total. The van der Waals surface area contributed by atoms with Gasteiger partial charge in [0.05, 0.1) is 16.2 Å². The SMILES string of the molecule is COc1cc2c(N[C@@H]3CCCN(Cc4ccccc4)C3)nc(Cl)nc2cc1I. The molecule has 0 radical (unpaired) electrons. The van der Waals surface area contributed by atoms with Crippen molar-refractivity contribution >= 4 is 50.9 Å². The van der Waals surface area contributed by atoms with Gasteiger partial charge in [-0.05, 0) is 71.3 Å². The van der Waals surface area contributed by atoms with Crippen molar-refractivity contribution in [2.75, 3.05) is 25.5 Å². The van der Waals surface area contributed by atoms with E-state index in [-0.39, 0.29) is 5.28 Å². The van der Waals surface area contributed by atoms with Crippen molar-refractivity contribution in [2.24, 2.45) is 0 Å². The van der Waals surface area contributed by atoms with E-state index in [2.05, 4.69) is 73.1 Å². The lowest BCUT2D eigenvalue weighted by atomic mass is 10.0. The quantitative estimate of drug-likeness (QED) is 0.389. The number of piperidine rings is 1. The fraction of sp³-hybridized carbons (Fsp3) is 0.333. The van der Waals surface area contributed by atoms with Gasteiger partial charge in [0.15, 0.2) is 0 Å². The number of benzene rings is 2. The Morgan fingerprint density at radius 3 is 2.86 bits per heavy atom. The number of hydrogen-bond acceptors (Lipinski definition) is 5. The Morgan fingerprint density at radius 1 is 1.25 bits per heavy atom. The molecule has 3 aromatic rings. The van der Waals surface area contributed by atoms with Crippen LogP contribution in [-0.2, 0) is 6.54 Å². The maximum absolute atomic E-state index is 6.20. The molecule has 4 rings (SSSR count). The standard InChI is InChI=1S/C21H22ClIN4O/c1-28-19-10-16-18(11-17(19)23)25-21(22)26-20(16)24-15-8-5-9-27(13-15)12-14-6-3-2-4-7-14/h2-4,6-7,10-11,15H,5,8-9,12-13H2,1H3,(H,24,25,26)/t15-/m1/s1. The average Bonchev–Trinajstić information content (AvgIpc) is 2.68. The number of anilines is 1. The molecule has 5 nitrogen and oxygen atoms in total. The monoisotopic (exact) mass is 508 g/mol. The lowest BCUT2D eigenvalue weighted by molar-refractivity contribution is 0.208. The number of methoxy groups -OCH3 is 1. The predicted octanol–water partition coefficient (Wildman–Crippen LogP) is 4.97. The maximum atomic E-state index is 6.20. The van der Waals surface area contributed by atoms with Crippen molar-refractivity contribution in [1.29, 1.82) is 0 Å². The molecule has 0 aliphatic carbocycles. The zero-order valence-corrected chi connectivity index (χ0v) is 18.6. The third kappa shape index (κ3) is 4.50. The molecule has 1 fully saturated rings. The highest BCUT2D eigenvalue weighted by molar-refractivity contribution is 14.1. The summed E-state index contributed by atoms with van der Waals surface area (Å²) in [5, 5.41) is 4.81. The second-order valence-electron chi connectivity index (χ2n) is 7.05. The molecule has 2 aromatic carbocycles. The van der Waals surface area contributed by atoms with Gasteiger partial charge in [-0.15, -0.1) is 0 Å². The molecule has 0 amide bonds. The van der Waals surface area contributed by atoms with Crippen LogP contribution in [0.2, 0.25) is 5.28 Å². The number of ether oxygens (including phenoxy) is 1. The molecule has 0 bridgehead atoms. The van der Waals surface area contributed by atoms with E-state index < -0.39 is 0 Å². The Morgan fingerprint density at radius 2 is 2.07 bits per heavy atom. The van der Waals surface area contributed by atoms with E-state index in [0.29, 0.717) is 6.04 Å². The van der Waals surface area contributed by atoms with E-state index in [4.69, 9.17) is 16.3 Å². The largest absolute Gasteiger partial charge is 0.496 e. The zero-order valence-electron chi connectivity index (χ0n) is 15.7. The van der Waals surface area contributed by atoms with Gasteiger partial charge in [0.1, 0.15) is 11.6 Å². The number of likely N-dealkylation sites (tertiary alicyclic amines) is 1. The molecule has 0 saturated carbocycles. The number of aromatic nitrogens is 2. The van der Waals surface area contributed by atoms with Crippen LogP contribution < -0.4 is 10.1 Å². The summed E-state index contributed by atoms with van der Waals surface area (Å²) in [7, 11) is 1.68. The van der Waals surface area contributed by atoms with E-state index >= 15 is 0 Å². The molecule has 1 atom stereocenters. The summed E-state index contributed by atoms with van der Waals surface area (Å²) in [6.45, 7) is 3.06. The number of nitrogens with zero attached hydrogens (tertiary/aromatic N) is 3. The van der Waals surface area contributed by atoms with E-state index in [0.717, 1.165) is 58.5 Å². The smallest absolute Gasteiger partial charge is 0.224 e. The summed E-state index contributed by atoms with van der Waals surface area (Å²) >= 11 is 8.44. The van der Waals surface area contributed by atoms with Crippen molar-refractivity contribution in [1.82, 2.24) is 14.9 Å². The first kappa shape index (κ1) is 19.7. The first-order valence-corrected chi connectivity index (χ1v) is 10.8. The van der Waals surface area contributed by atoms with Crippen molar-refractivity contribution in [3.05, 3.63) is 56.9 Å². The van der Waals surface area contributed by atoms with Crippen molar-refractivity contribution < 1.29 is 4.74 Å². The van der Waals surface area contributed by atoms with Crippen LogP contribution in [-0.4, -0.2) is 41.1 Å². The van der Waals surface area contributed by atoms with Gasteiger partial charge in [0.2, 0.25) is 5.28 Å². The molecule has 2 heterocycles. The molecule has 7 heteroatoms. The van der Waals surface area contributed by atoms with Gasteiger partial charge in [-0.25, -0.2) is 9.97 Å². The minimum absolute atomic E-state index is 0.257. The molecule has 146 valence electrons. The average molecular weight is 509 g/mol. The maximum Gasteiger partial charge on any atom is 0.224 e. The summed E-state index contributed by atoms with van der Waals surface area (Å²) in [4.78, 5) is 11.3. The van der Waals surface area contributed by atoms with E-state index in [1.165, 1.54) is 5.56 Å². The van der Waals surface area contributed by atoms with Crippen LogP contribution in [0, 0.1) is 3.57 Å². The van der Waals surface area contributed by atoms with Crippen LogP contribution in [0.5, 0.6) is 5.75 Å². The normalized spacial score (nSPS) is 17.6. The van der Waals surface area contributed by atoms with Crippen LogP contribution in [0.25, 0.3) is 10.9 Å². The fourth-order valence-corrected chi connectivity index (χ4v) is 4.57. The summed E-state index contributed by atoms with van der Waals surface area (Å²) in [5.74, 6) is 1.59. The van der Waals surface area contributed by atoms with Gasteiger partial charge in [-0.1, -0.05) is 30.3 Å². The molecule has 1 saturated heterocycles. The van der Waals surface area contributed by atoms with Crippen LogP contribution >= 0.6 is 34.2 Å². The number of nitrogens with one attached hydrogen (secondary N) is 1. The lowest BCUT2D eigenvalue weighted by Gasteiger charge is -2.33. The van der Waals surface area contributed by atoms with E-state index in [9.17, 15) is 0 Å². The lowest BCUT2D eigenvalue weighted by Crippen LogP contribution is -2.41. The third-order valence-corrected chi connectivity index (χ3v) is 6.05. The highest BCUT2D eigenvalue weighted by atomic mass is 127. The van der Waals surface area contributed by atoms with Crippen molar-refractivity contribution in [2.45, 2.75) is 25.4 Å².